The summed E-state index contributed by atoms with van der Waals surface area (Å²) in [4.78, 5) is 0.258. The topological polar surface area (TPSA) is 61.8 Å². The molecular weight excluding hydrogens is 520 g/mol. The molecule has 7 rings (SSSR count). The zero-order valence-corrected chi connectivity index (χ0v) is 25.8. The van der Waals surface area contributed by atoms with Gasteiger partial charge in [-0.2, -0.15) is 8.42 Å². The molecular formula is C34H48O5S. The molecule has 5 fully saturated rings. The number of benzene rings is 1. The van der Waals surface area contributed by atoms with E-state index in [1.807, 2.05) is 19.1 Å². The van der Waals surface area contributed by atoms with Gasteiger partial charge in [0.15, 0.2) is 5.79 Å². The highest BCUT2D eigenvalue weighted by Gasteiger charge is 2.68. The van der Waals surface area contributed by atoms with Crippen LogP contribution in [0.1, 0.15) is 91.0 Å². The van der Waals surface area contributed by atoms with Gasteiger partial charge in [0.1, 0.15) is 0 Å². The summed E-state index contributed by atoms with van der Waals surface area (Å²) in [6.07, 6.45) is 12.2. The lowest BCUT2D eigenvalue weighted by Crippen LogP contribution is -2.52. The first-order chi connectivity index (χ1) is 19.0. The highest BCUT2D eigenvalue weighted by Crippen LogP contribution is 2.70. The summed E-state index contributed by atoms with van der Waals surface area (Å²) >= 11 is 0. The molecule has 1 spiro atoms. The van der Waals surface area contributed by atoms with Crippen molar-refractivity contribution in [3.63, 3.8) is 0 Å². The van der Waals surface area contributed by atoms with E-state index in [0.717, 1.165) is 44.3 Å². The third-order valence-electron chi connectivity index (χ3n) is 12.9. The molecule has 0 bridgehead atoms. The smallest absolute Gasteiger partial charge is 0.297 e. The molecule has 40 heavy (non-hydrogen) atoms. The molecule has 6 heteroatoms. The summed E-state index contributed by atoms with van der Waals surface area (Å²) in [5.74, 6) is 3.35. The molecule has 0 N–H and O–H groups in total. The number of allylic oxidation sites excluding steroid dienone is 1. The molecule has 2 saturated heterocycles. The van der Waals surface area contributed by atoms with Crippen LogP contribution >= 0.6 is 0 Å². The molecule has 1 aromatic rings. The Morgan fingerprint density at radius 1 is 0.975 bits per heavy atom. The summed E-state index contributed by atoms with van der Waals surface area (Å²) in [7, 11) is -3.76. The zero-order chi connectivity index (χ0) is 28.1. The van der Waals surface area contributed by atoms with E-state index in [1.54, 1.807) is 12.1 Å². The van der Waals surface area contributed by atoms with Crippen LogP contribution in [0.5, 0.6) is 0 Å². The largest absolute Gasteiger partial charge is 0.349 e. The van der Waals surface area contributed by atoms with Crippen LogP contribution in [0.4, 0.5) is 0 Å². The van der Waals surface area contributed by atoms with Crippen molar-refractivity contribution in [2.24, 2.45) is 46.3 Å². The van der Waals surface area contributed by atoms with E-state index in [-0.39, 0.29) is 22.2 Å². The summed E-state index contributed by atoms with van der Waals surface area (Å²) < 4.78 is 45.3. The minimum atomic E-state index is -3.76. The quantitative estimate of drug-likeness (QED) is 0.280. The molecule has 2 aliphatic heterocycles. The third kappa shape index (κ3) is 4.06. The lowest BCUT2D eigenvalue weighted by molar-refractivity contribution is -0.272. The second-order valence-corrected chi connectivity index (χ2v) is 16.6. The summed E-state index contributed by atoms with van der Waals surface area (Å²) in [5, 5.41) is 0. The molecule has 0 amide bonds. The van der Waals surface area contributed by atoms with Gasteiger partial charge < -0.3 is 9.47 Å². The predicted octanol–water partition coefficient (Wildman–Crippen LogP) is 7.44. The van der Waals surface area contributed by atoms with E-state index in [1.165, 1.54) is 31.3 Å². The SMILES string of the molecule is Cc1ccc(S(=O)(=O)O[C@H]2CC[C@@]3(C)C(=CC[C@H]4[C@@H]5C[C@@H]6O[C@]7(CC[C@@H](C)CO7)[C@@H](C)[C@@H]6[C@@]5(C)CC[C@@H]43)C2)cc1. The van der Waals surface area contributed by atoms with Crippen LogP contribution in [-0.2, 0) is 23.8 Å². The Bertz CT molecular complexity index is 1280. The molecule has 0 radical (unpaired) electrons. The summed E-state index contributed by atoms with van der Waals surface area (Å²) in [6.45, 7) is 12.6. The lowest BCUT2D eigenvalue weighted by Gasteiger charge is -2.58. The van der Waals surface area contributed by atoms with E-state index in [9.17, 15) is 8.42 Å². The number of aryl methyl sites for hydroxylation is 1. The first-order valence-corrected chi connectivity index (χ1v) is 17.4. The molecule has 2 heterocycles. The third-order valence-corrected chi connectivity index (χ3v) is 14.3. The molecule has 0 aromatic heterocycles. The van der Waals surface area contributed by atoms with Crippen LogP contribution in [0.3, 0.4) is 0 Å². The van der Waals surface area contributed by atoms with Crippen LogP contribution in [0, 0.1) is 53.3 Å². The summed E-state index contributed by atoms with van der Waals surface area (Å²) in [5.41, 5.74) is 2.94. The first kappa shape index (κ1) is 27.6. The van der Waals surface area contributed by atoms with E-state index in [0.29, 0.717) is 47.0 Å². The lowest BCUT2D eigenvalue weighted by atomic mass is 9.47. The Morgan fingerprint density at radius 3 is 2.48 bits per heavy atom. The van der Waals surface area contributed by atoms with Crippen LogP contribution in [0.25, 0.3) is 0 Å². The average molecular weight is 569 g/mol. The molecule has 220 valence electrons. The second kappa shape index (κ2) is 9.39. The van der Waals surface area contributed by atoms with E-state index in [4.69, 9.17) is 13.7 Å². The van der Waals surface area contributed by atoms with Crippen molar-refractivity contribution in [1.82, 2.24) is 0 Å². The van der Waals surface area contributed by atoms with Gasteiger partial charge in [-0.15, -0.1) is 0 Å². The standard InChI is InChI=1S/C34H48O5S/c1-21-6-9-26(10-7-21)40(35,36)39-25-13-15-32(4)24(18-25)8-11-27-28(32)14-16-33(5)29(27)19-30-31(33)23(3)34(38-30)17-12-22(2)20-37-34/h6-10,22-23,25,27-31H,11-20H2,1-5H3/t22-,23+,25+,27-,28+,29+,30+,31+,32+,33+,34-/m1/s1. The van der Waals surface area contributed by atoms with Crippen LogP contribution in [0.15, 0.2) is 40.8 Å². The van der Waals surface area contributed by atoms with Crippen molar-refractivity contribution in [1.29, 1.82) is 0 Å². The second-order valence-electron chi connectivity index (χ2n) is 15.0. The highest BCUT2D eigenvalue weighted by molar-refractivity contribution is 7.86. The van der Waals surface area contributed by atoms with E-state index in [2.05, 4.69) is 33.8 Å². The number of fused-ring (bicyclic) bond motifs is 7. The fourth-order valence-electron chi connectivity index (χ4n) is 10.7. The normalized spacial score (nSPS) is 48.2. The maximum absolute atomic E-state index is 13.0. The molecule has 3 saturated carbocycles. The van der Waals surface area contributed by atoms with Crippen LogP contribution in [0.2, 0.25) is 0 Å². The Balaban J connectivity index is 1.08. The minimum absolute atomic E-state index is 0.145. The number of hydrogen-bond donors (Lipinski definition) is 0. The Hall–Kier alpha value is -1.21. The van der Waals surface area contributed by atoms with Gasteiger partial charge in [0.2, 0.25) is 0 Å². The summed E-state index contributed by atoms with van der Waals surface area (Å²) in [6, 6.07) is 6.98. The van der Waals surface area contributed by atoms with Gasteiger partial charge in [-0.1, -0.05) is 57.0 Å². The van der Waals surface area contributed by atoms with Crippen molar-refractivity contribution in [2.45, 2.75) is 115 Å². The van der Waals surface area contributed by atoms with Crippen molar-refractivity contribution < 1.29 is 22.1 Å². The number of rotatable bonds is 3. The van der Waals surface area contributed by atoms with Crippen molar-refractivity contribution in [2.75, 3.05) is 6.61 Å². The van der Waals surface area contributed by atoms with Gasteiger partial charge in [-0.3, -0.25) is 4.18 Å². The Kier molecular flexibility index (Phi) is 6.48. The number of hydrogen-bond acceptors (Lipinski definition) is 5. The van der Waals surface area contributed by atoms with Crippen molar-refractivity contribution in [3.05, 3.63) is 41.5 Å². The maximum Gasteiger partial charge on any atom is 0.297 e. The fraction of sp³-hybridized carbons (Fsp3) is 0.765. The van der Waals surface area contributed by atoms with E-state index >= 15 is 0 Å². The first-order valence-electron chi connectivity index (χ1n) is 16.0. The maximum atomic E-state index is 13.0. The van der Waals surface area contributed by atoms with Gasteiger partial charge in [-0.25, -0.2) is 0 Å². The monoisotopic (exact) mass is 568 g/mol. The van der Waals surface area contributed by atoms with Gasteiger partial charge in [-0.05, 0) is 111 Å². The molecule has 11 atom stereocenters. The average Bonchev–Trinajstić information content (AvgIpc) is 3.36. The zero-order valence-electron chi connectivity index (χ0n) is 25.0. The molecule has 6 aliphatic rings. The van der Waals surface area contributed by atoms with Crippen LogP contribution in [-0.4, -0.2) is 33.0 Å². The van der Waals surface area contributed by atoms with Gasteiger partial charge in [0, 0.05) is 12.3 Å². The molecule has 4 aliphatic carbocycles. The van der Waals surface area contributed by atoms with Gasteiger partial charge >= 0.3 is 0 Å². The Labute approximate surface area is 241 Å². The predicted molar refractivity (Wildman–Crippen MR) is 155 cm³/mol. The van der Waals surface area contributed by atoms with Gasteiger partial charge in [0.25, 0.3) is 10.1 Å². The van der Waals surface area contributed by atoms with Gasteiger partial charge in [0.05, 0.1) is 23.7 Å². The van der Waals surface area contributed by atoms with Crippen molar-refractivity contribution >= 4 is 10.1 Å². The van der Waals surface area contributed by atoms with Crippen molar-refractivity contribution in [3.8, 4) is 0 Å². The Morgan fingerprint density at radius 2 is 1.75 bits per heavy atom. The fourth-order valence-corrected chi connectivity index (χ4v) is 11.8. The minimum Gasteiger partial charge on any atom is -0.349 e. The van der Waals surface area contributed by atoms with Crippen LogP contribution < -0.4 is 0 Å². The highest BCUT2D eigenvalue weighted by atomic mass is 32.2. The molecule has 0 unspecified atom stereocenters. The molecule has 1 aromatic carbocycles. The number of ether oxygens (including phenoxy) is 2. The van der Waals surface area contributed by atoms with E-state index < -0.39 is 10.1 Å². The molecule has 5 nitrogen and oxygen atoms in total.